The first kappa shape index (κ1) is 23.7. The molecule has 0 saturated heterocycles. The number of benzene rings is 1. The van der Waals surface area contributed by atoms with Gasteiger partial charge >= 0.3 is 5.97 Å². The Kier molecular flexibility index (Phi) is 9.05. The maximum atomic E-state index is 12.7. The predicted octanol–water partition coefficient (Wildman–Crippen LogP) is 6.65. The Morgan fingerprint density at radius 1 is 1.03 bits per heavy atom. The fourth-order valence-corrected chi connectivity index (χ4v) is 4.91. The first-order chi connectivity index (χ1) is 15.6. The average Bonchev–Trinajstić information content (AvgIpc) is 2.84. The second-order valence-electron chi connectivity index (χ2n) is 8.99. The third kappa shape index (κ3) is 7.06. The molecule has 2 aliphatic rings. The summed E-state index contributed by atoms with van der Waals surface area (Å²) in [5.41, 5.74) is 1.94. The SMILES string of the molecule is N#CC(F)=CC=CCCC1CCC(OC(=O)C2CCC(c3ccc(C#N)cc3)CC2)CC1. The summed E-state index contributed by atoms with van der Waals surface area (Å²) in [6, 6.07) is 11.4. The molecule has 0 amide bonds. The third-order valence-electron chi connectivity index (χ3n) is 6.88. The van der Waals surface area contributed by atoms with Gasteiger partial charge in [0.25, 0.3) is 0 Å². The summed E-state index contributed by atoms with van der Waals surface area (Å²) in [6.07, 6.45) is 14.3. The van der Waals surface area contributed by atoms with E-state index >= 15 is 0 Å². The molecule has 2 aliphatic carbocycles. The molecule has 168 valence electrons. The number of carbonyl (C=O) groups is 1. The molecule has 0 N–H and O–H groups in total. The van der Waals surface area contributed by atoms with E-state index in [1.54, 1.807) is 6.08 Å². The summed E-state index contributed by atoms with van der Waals surface area (Å²) in [5, 5.41) is 17.3. The second-order valence-corrected chi connectivity index (χ2v) is 8.99. The summed E-state index contributed by atoms with van der Waals surface area (Å²) in [7, 11) is 0. The van der Waals surface area contributed by atoms with Crippen LogP contribution in [-0.4, -0.2) is 12.1 Å². The van der Waals surface area contributed by atoms with E-state index in [1.807, 2.05) is 30.3 Å². The largest absolute Gasteiger partial charge is 0.462 e. The first-order valence-corrected chi connectivity index (χ1v) is 11.7. The van der Waals surface area contributed by atoms with Gasteiger partial charge in [0.2, 0.25) is 0 Å². The van der Waals surface area contributed by atoms with E-state index in [0.29, 0.717) is 17.4 Å². The lowest BCUT2D eigenvalue weighted by molar-refractivity contribution is -0.157. The van der Waals surface area contributed by atoms with Gasteiger partial charge in [-0.25, -0.2) is 0 Å². The van der Waals surface area contributed by atoms with E-state index in [4.69, 9.17) is 15.3 Å². The van der Waals surface area contributed by atoms with E-state index in [-0.39, 0.29) is 18.0 Å². The normalized spacial score (nSPS) is 26.3. The minimum Gasteiger partial charge on any atom is -0.462 e. The lowest BCUT2D eigenvalue weighted by atomic mass is 9.78. The van der Waals surface area contributed by atoms with Crippen molar-refractivity contribution in [3.05, 3.63) is 59.4 Å². The van der Waals surface area contributed by atoms with Crippen LogP contribution in [0.1, 0.15) is 81.3 Å². The zero-order valence-electron chi connectivity index (χ0n) is 18.5. The van der Waals surface area contributed by atoms with Gasteiger partial charge in [0.15, 0.2) is 5.83 Å². The molecule has 0 spiro atoms. The quantitative estimate of drug-likeness (QED) is 0.274. The highest BCUT2D eigenvalue weighted by Crippen LogP contribution is 2.37. The van der Waals surface area contributed by atoms with Gasteiger partial charge in [0.1, 0.15) is 12.2 Å². The second kappa shape index (κ2) is 12.2. The van der Waals surface area contributed by atoms with Gasteiger partial charge in [0.05, 0.1) is 17.6 Å². The molecule has 0 aromatic heterocycles. The third-order valence-corrected chi connectivity index (χ3v) is 6.88. The maximum absolute atomic E-state index is 12.7. The highest BCUT2D eigenvalue weighted by Gasteiger charge is 2.31. The van der Waals surface area contributed by atoms with Gasteiger partial charge in [-0.1, -0.05) is 24.3 Å². The van der Waals surface area contributed by atoms with Gasteiger partial charge < -0.3 is 4.74 Å². The van der Waals surface area contributed by atoms with Crippen LogP contribution in [-0.2, 0) is 9.53 Å². The molecular formula is C27H31FN2O2. The number of hydrogen-bond acceptors (Lipinski definition) is 4. The van der Waals surface area contributed by atoms with Crippen LogP contribution < -0.4 is 0 Å². The van der Waals surface area contributed by atoms with Crippen LogP contribution >= 0.6 is 0 Å². The molecule has 5 heteroatoms. The first-order valence-electron chi connectivity index (χ1n) is 11.7. The predicted molar refractivity (Wildman–Crippen MR) is 121 cm³/mol. The number of hydrogen-bond donors (Lipinski definition) is 0. The van der Waals surface area contributed by atoms with Gasteiger partial charge in [-0.15, -0.1) is 0 Å². The molecular weight excluding hydrogens is 403 g/mol. The van der Waals surface area contributed by atoms with Gasteiger partial charge in [-0.3, -0.25) is 4.79 Å². The molecule has 1 aromatic rings. The van der Waals surface area contributed by atoms with Crippen LogP contribution in [0.3, 0.4) is 0 Å². The molecule has 4 nitrogen and oxygen atoms in total. The molecule has 32 heavy (non-hydrogen) atoms. The average molecular weight is 435 g/mol. The molecule has 1 aromatic carbocycles. The highest BCUT2D eigenvalue weighted by molar-refractivity contribution is 5.72. The van der Waals surface area contributed by atoms with Crippen molar-refractivity contribution in [1.82, 2.24) is 0 Å². The zero-order valence-corrected chi connectivity index (χ0v) is 18.5. The summed E-state index contributed by atoms with van der Waals surface area (Å²) in [5.74, 6) is 0.284. The number of carbonyl (C=O) groups excluding carboxylic acids is 1. The van der Waals surface area contributed by atoms with E-state index < -0.39 is 5.83 Å². The van der Waals surface area contributed by atoms with Crippen molar-refractivity contribution < 1.29 is 13.9 Å². The molecule has 0 bridgehead atoms. The zero-order chi connectivity index (χ0) is 22.8. The van der Waals surface area contributed by atoms with Crippen LogP contribution in [0.5, 0.6) is 0 Å². The lowest BCUT2D eigenvalue weighted by Gasteiger charge is -2.31. The Morgan fingerprint density at radius 3 is 2.34 bits per heavy atom. The summed E-state index contributed by atoms with van der Waals surface area (Å²) >= 11 is 0. The number of allylic oxidation sites excluding steroid dienone is 4. The van der Waals surface area contributed by atoms with Crippen molar-refractivity contribution in [3.8, 4) is 12.1 Å². The lowest BCUT2D eigenvalue weighted by Crippen LogP contribution is -2.29. The van der Waals surface area contributed by atoms with Crippen molar-refractivity contribution in [2.45, 2.75) is 76.2 Å². The Labute approximate surface area is 190 Å². The number of nitrogens with zero attached hydrogens (tertiary/aromatic N) is 2. The van der Waals surface area contributed by atoms with Crippen molar-refractivity contribution in [2.75, 3.05) is 0 Å². The van der Waals surface area contributed by atoms with E-state index in [1.165, 1.54) is 17.7 Å². The number of rotatable bonds is 7. The van der Waals surface area contributed by atoms with Crippen LogP contribution in [0.15, 0.2) is 48.3 Å². The van der Waals surface area contributed by atoms with Crippen molar-refractivity contribution in [3.63, 3.8) is 0 Å². The van der Waals surface area contributed by atoms with Gasteiger partial charge in [-0.2, -0.15) is 14.9 Å². The topological polar surface area (TPSA) is 73.9 Å². The summed E-state index contributed by atoms with van der Waals surface area (Å²) < 4.78 is 18.6. The maximum Gasteiger partial charge on any atom is 0.309 e. The molecule has 0 radical (unpaired) electrons. The molecule has 0 aliphatic heterocycles. The molecule has 0 unspecified atom stereocenters. The Bertz CT molecular complexity index is 891. The molecule has 0 atom stereocenters. The smallest absolute Gasteiger partial charge is 0.309 e. The van der Waals surface area contributed by atoms with Crippen LogP contribution in [0.2, 0.25) is 0 Å². The van der Waals surface area contributed by atoms with Crippen LogP contribution in [0.25, 0.3) is 0 Å². The number of ether oxygens (including phenoxy) is 1. The summed E-state index contributed by atoms with van der Waals surface area (Å²) in [6.45, 7) is 0. The highest BCUT2D eigenvalue weighted by atomic mass is 19.1. The van der Waals surface area contributed by atoms with Crippen LogP contribution in [0.4, 0.5) is 4.39 Å². The monoisotopic (exact) mass is 434 g/mol. The molecule has 2 saturated carbocycles. The fraction of sp³-hybridized carbons (Fsp3) is 0.519. The van der Waals surface area contributed by atoms with E-state index in [9.17, 15) is 9.18 Å². The van der Waals surface area contributed by atoms with Crippen molar-refractivity contribution in [2.24, 2.45) is 11.8 Å². The molecule has 3 rings (SSSR count). The Balaban J connectivity index is 1.34. The van der Waals surface area contributed by atoms with Crippen molar-refractivity contribution in [1.29, 1.82) is 10.5 Å². The van der Waals surface area contributed by atoms with Crippen molar-refractivity contribution >= 4 is 5.97 Å². The standard InChI is InChI=1S/C27H31FN2O2/c28-25(19-30)5-3-1-2-4-20-8-16-26(17-9-20)32-27(31)24-14-12-23(13-15-24)22-10-6-21(18-29)7-11-22/h1,3,5-7,10-11,20,23-24,26H,2,4,8-9,12-17H2. The van der Waals surface area contributed by atoms with E-state index in [2.05, 4.69) is 6.07 Å². The van der Waals surface area contributed by atoms with E-state index in [0.717, 1.165) is 64.2 Å². The van der Waals surface area contributed by atoms with Gasteiger partial charge in [-0.05, 0) is 99.8 Å². The minimum absolute atomic E-state index is 0.00866. The van der Waals surface area contributed by atoms with Crippen LogP contribution in [0, 0.1) is 34.5 Å². The summed E-state index contributed by atoms with van der Waals surface area (Å²) in [4.78, 5) is 12.7. The Hall–Kier alpha value is -2.92. The minimum atomic E-state index is -0.772. The fourth-order valence-electron chi connectivity index (χ4n) is 4.91. The number of esters is 1. The molecule has 2 fully saturated rings. The Morgan fingerprint density at radius 2 is 1.72 bits per heavy atom. The molecule has 0 heterocycles. The number of halogens is 1. The number of nitriles is 2. The van der Waals surface area contributed by atoms with Gasteiger partial charge in [0, 0.05) is 0 Å².